The SMILES string of the molecule is CCCCCCOc1c(F)c(F)c(C(=O)O)c(F)c1F. The van der Waals surface area contributed by atoms with Gasteiger partial charge < -0.3 is 9.84 Å². The van der Waals surface area contributed by atoms with Gasteiger partial charge in [-0.15, -0.1) is 0 Å². The third-order valence-corrected chi connectivity index (χ3v) is 2.68. The number of unbranched alkanes of at least 4 members (excludes halogenated alkanes) is 3. The van der Waals surface area contributed by atoms with E-state index in [1.54, 1.807) is 0 Å². The van der Waals surface area contributed by atoms with E-state index in [2.05, 4.69) is 4.74 Å². The minimum atomic E-state index is -2.09. The fourth-order valence-electron chi connectivity index (χ4n) is 1.63. The van der Waals surface area contributed by atoms with Gasteiger partial charge in [0.05, 0.1) is 6.61 Å². The molecule has 0 aromatic heterocycles. The minimum absolute atomic E-state index is 0.112. The number of rotatable bonds is 7. The highest BCUT2D eigenvalue weighted by Gasteiger charge is 2.30. The fourth-order valence-corrected chi connectivity index (χ4v) is 1.63. The number of halogens is 4. The van der Waals surface area contributed by atoms with E-state index in [0.717, 1.165) is 19.3 Å². The zero-order valence-corrected chi connectivity index (χ0v) is 10.8. The molecule has 0 fully saturated rings. The summed E-state index contributed by atoms with van der Waals surface area (Å²) in [5.74, 6) is -10.9. The first-order valence-corrected chi connectivity index (χ1v) is 6.13. The molecule has 0 aliphatic heterocycles. The number of ether oxygens (including phenoxy) is 1. The highest BCUT2D eigenvalue weighted by molar-refractivity contribution is 5.88. The molecular formula is C13H14F4O3. The average molecular weight is 294 g/mol. The Morgan fingerprint density at radius 3 is 2.00 bits per heavy atom. The van der Waals surface area contributed by atoms with E-state index >= 15 is 0 Å². The predicted molar refractivity (Wildman–Crippen MR) is 62.9 cm³/mol. The topological polar surface area (TPSA) is 46.5 Å². The van der Waals surface area contributed by atoms with Crippen LogP contribution in [-0.2, 0) is 0 Å². The van der Waals surface area contributed by atoms with E-state index < -0.39 is 40.6 Å². The monoisotopic (exact) mass is 294 g/mol. The van der Waals surface area contributed by atoms with E-state index in [-0.39, 0.29) is 6.61 Å². The van der Waals surface area contributed by atoms with Gasteiger partial charge in [0.15, 0.2) is 17.4 Å². The van der Waals surface area contributed by atoms with E-state index in [9.17, 15) is 22.4 Å². The van der Waals surface area contributed by atoms with Crippen molar-refractivity contribution >= 4 is 5.97 Å². The van der Waals surface area contributed by atoms with E-state index in [1.165, 1.54) is 0 Å². The van der Waals surface area contributed by atoms with E-state index in [1.807, 2.05) is 6.92 Å². The number of hydrogen-bond donors (Lipinski definition) is 1. The Bertz CT molecular complexity index is 474. The summed E-state index contributed by atoms with van der Waals surface area (Å²) in [7, 11) is 0. The molecule has 1 aromatic rings. The van der Waals surface area contributed by atoms with Crippen molar-refractivity contribution in [1.82, 2.24) is 0 Å². The van der Waals surface area contributed by atoms with Crippen molar-refractivity contribution in [1.29, 1.82) is 0 Å². The molecule has 7 heteroatoms. The Kier molecular flexibility index (Phi) is 5.79. The molecule has 1 rings (SSSR count). The number of aromatic carboxylic acids is 1. The molecule has 0 saturated heterocycles. The number of benzene rings is 1. The van der Waals surface area contributed by atoms with E-state index in [4.69, 9.17) is 5.11 Å². The maximum absolute atomic E-state index is 13.5. The number of carboxylic acids is 1. The molecule has 0 spiro atoms. The fraction of sp³-hybridized carbons (Fsp3) is 0.462. The Morgan fingerprint density at radius 2 is 1.55 bits per heavy atom. The van der Waals surface area contributed by atoms with Crippen LogP contribution in [0, 0.1) is 23.3 Å². The normalized spacial score (nSPS) is 10.7. The molecule has 0 atom stereocenters. The van der Waals surface area contributed by atoms with Crippen LogP contribution < -0.4 is 4.74 Å². The molecule has 0 radical (unpaired) electrons. The van der Waals surface area contributed by atoms with Gasteiger partial charge in [-0.25, -0.2) is 13.6 Å². The molecule has 0 amide bonds. The van der Waals surface area contributed by atoms with Crippen molar-refractivity contribution in [3.63, 3.8) is 0 Å². The molecular weight excluding hydrogens is 280 g/mol. The Morgan fingerprint density at radius 1 is 1.00 bits per heavy atom. The Balaban J connectivity index is 2.95. The molecule has 0 aliphatic rings. The van der Waals surface area contributed by atoms with Crippen LogP contribution in [0.2, 0.25) is 0 Å². The summed E-state index contributed by atoms with van der Waals surface area (Å²) in [5.41, 5.74) is -1.67. The summed E-state index contributed by atoms with van der Waals surface area (Å²) >= 11 is 0. The minimum Gasteiger partial charge on any atom is -0.487 e. The Labute approximate surface area is 113 Å². The summed E-state index contributed by atoms with van der Waals surface area (Å²) in [5, 5.41) is 8.51. The van der Waals surface area contributed by atoms with Crippen molar-refractivity contribution in [2.24, 2.45) is 0 Å². The van der Waals surface area contributed by atoms with Gasteiger partial charge in [-0.3, -0.25) is 0 Å². The van der Waals surface area contributed by atoms with Gasteiger partial charge >= 0.3 is 5.97 Å². The van der Waals surface area contributed by atoms with Crippen LogP contribution >= 0.6 is 0 Å². The quantitative estimate of drug-likeness (QED) is 0.471. The predicted octanol–water partition coefficient (Wildman–Crippen LogP) is 3.90. The number of hydrogen-bond acceptors (Lipinski definition) is 2. The van der Waals surface area contributed by atoms with Gasteiger partial charge in [-0.05, 0) is 6.42 Å². The number of carboxylic acid groups (broad SMARTS) is 1. The summed E-state index contributed by atoms with van der Waals surface area (Å²) in [4.78, 5) is 10.5. The van der Waals surface area contributed by atoms with Gasteiger partial charge in [-0.1, -0.05) is 26.2 Å². The highest BCUT2D eigenvalue weighted by atomic mass is 19.2. The molecule has 112 valence electrons. The standard InChI is InChI=1S/C13H14F4O3/c1-2-3-4-5-6-20-12-10(16)8(14)7(13(18)19)9(15)11(12)17/h2-6H2,1H3,(H,18,19). The number of carbonyl (C=O) groups is 1. The van der Waals surface area contributed by atoms with Crippen LogP contribution in [0.15, 0.2) is 0 Å². The molecule has 1 aromatic carbocycles. The van der Waals surface area contributed by atoms with Crippen LogP contribution in [0.25, 0.3) is 0 Å². The lowest BCUT2D eigenvalue weighted by Gasteiger charge is -2.11. The lowest BCUT2D eigenvalue weighted by molar-refractivity contribution is 0.0682. The van der Waals surface area contributed by atoms with Gasteiger partial charge in [0.25, 0.3) is 0 Å². The Hall–Kier alpha value is -1.79. The molecule has 0 heterocycles. The third kappa shape index (κ3) is 3.40. The summed E-state index contributed by atoms with van der Waals surface area (Å²) < 4.78 is 58.3. The van der Waals surface area contributed by atoms with Gasteiger partial charge in [0.2, 0.25) is 11.6 Å². The zero-order valence-electron chi connectivity index (χ0n) is 10.8. The maximum atomic E-state index is 13.5. The van der Waals surface area contributed by atoms with Gasteiger partial charge in [-0.2, -0.15) is 8.78 Å². The highest BCUT2D eigenvalue weighted by Crippen LogP contribution is 2.30. The second-order valence-corrected chi connectivity index (χ2v) is 4.17. The molecule has 0 saturated carbocycles. The van der Waals surface area contributed by atoms with Gasteiger partial charge in [0.1, 0.15) is 5.56 Å². The van der Waals surface area contributed by atoms with Crippen LogP contribution in [0.3, 0.4) is 0 Å². The second kappa shape index (κ2) is 7.12. The van der Waals surface area contributed by atoms with Crippen molar-refractivity contribution in [2.75, 3.05) is 6.61 Å². The average Bonchev–Trinajstić information content (AvgIpc) is 2.39. The molecule has 0 aliphatic carbocycles. The summed E-state index contributed by atoms with van der Waals surface area (Å²) in [6, 6.07) is 0. The first kappa shape index (κ1) is 16.3. The smallest absolute Gasteiger partial charge is 0.341 e. The van der Waals surface area contributed by atoms with E-state index in [0.29, 0.717) is 6.42 Å². The van der Waals surface area contributed by atoms with Crippen LogP contribution in [0.5, 0.6) is 5.75 Å². The van der Waals surface area contributed by atoms with Gasteiger partial charge in [0, 0.05) is 0 Å². The first-order chi connectivity index (χ1) is 9.41. The van der Waals surface area contributed by atoms with Crippen LogP contribution in [0.1, 0.15) is 43.0 Å². The molecule has 0 bridgehead atoms. The maximum Gasteiger partial charge on any atom is 0.341 e. The lowest BCUT2D eigenvalue weighted by atomic mass is 10.1. The van der Waals surface area contributed by atoms with Crippen molar-refractivity contribution in [3.8, 4) is 5.75 Å². The second-order valence-electron chi connectivity index (χ2n) is 4.17. The molecule has 20 heavy (non-hydrogen) atoms. The molecule has 3 nitrogen and oxygen atoms in total. The van der Waals surface area contributed by atoms with Crippen LogP contribution in [0.4, 0.5) is 17.6 Å². The van der Waals surface area contributed by atoms with Crippen LogP contribution in [-0.4, -0.2) is 17.7 Å². The zero-order chi connectivity index (χ0) is 15.3. The summed E-state index contributed by atoms with van der Waals surface area (Å²) in [6.45, 7) is 1.86. The van der Waals surface area contributed by atoms with Crippen molar-refractivity contribution in [3.05, 3.63) is 28.8 Å². The third-order valence-electron chi connectivity index (χ3n) is 2.68. The molecule has 0 unspecified atom stereocenters. The first-order valence-electron chi connectivity index (χ1n) is 6.13. The molecule has 1 N–H and O–H groups in total. The largest absolute Gasteiger partial charge is 0.487 e. The van der Waals surface area contributed by atoms with Crippen molar-refractivity contribution < 1.29 is 32.2 Å². The lowest BCUT2D eigenvalue weighted by Crippen LogP contribution is -2.12. The van der Waals surface area contributed by atoms with Crippen molar-refractivity contribution in [2.45, 2.75) is 32.6 Å². The summed E-state index contributed by atoms with van der Waals surface area (Å²) in [6.07, 6.45) is 3.06.